The highest BCUT2D eigenvalue weighted by Gasteiger charge is 2.46. The lowest BCUT2D eigenvalue weighted by Gasteiger charge is -2.27. The van der Waals surface area contributed by atoms with Crippen LogP contribution in [0.3, 0.4) is 0 Å². The van der Waals surface area contributed by atoms with Gasteiger partial charge in [-0.3, -0.25) is 0 Å². The van der Waals surface area contributed by atoms with Gasteiger partial charge in [-0.1, -0.05) is 13.8 Å². The zero-order valence-electron chi connectivity index (χ0n) is 11.7. The molecule has 0 aliphatic carbocycles. The van der Waals surface area contributed by atoms with E-state index in [1.807, 2.05) is 13.8 Å². The highest BCUT2D eigenvalue weighted by Crippen LogP contribution is 2.50. The highest BCUT2D eigenvalue weighted by atomic mass is 32.5. The lowest BCUT2D eigenvalue weighted by Crippen LogP contribution is -2.35. The molecule has 1 saturated heterocycles. The average molecular weight is 310 g/mol. The third kappa shape index (κ3) is 4.76. The van der Waals surface area contributed by atoms with Crippen LogP contribution in [-0.4, -0.2) is 55.5 Å². The Morgan fingerprint density at radius 3 is 2.47 bits per heavy atom. The molecule has 5 atom stereocenters. The maximum atomic E-state index is 14.0. The van der Waals surface area contributed by atoms with Crippen molar-refractivity contribution >= 4 is 26.1 Å². The van der Waals surface area contributed by atoms with Gasteiger partial charge >= 0.3 is 0 Å². The van der Waals surface area contributed by atoms with E-state index < -0.39 is 30.9 Å². The number of ether oxygens (including phenoxy) is 2. The van der Waals surface area contributed by atoms with E-state index in [4.69, 9.17) is 33.7 Å². The van der Waals surface area contributed by atoms with Gasteiger partial charge in [-0.2, -0.15) is 0 Å². The third-order valence-electron chi connectivity index (χ3n) is 2.85. The standard InChI is InChI=1S/C11H21BFO4PS/c1-6(2)15-5-8-10(9(13)11(12)16-8)17-18(14,19)7(3)4/h6-11H,5H2,1-4H3,(H,14,19)/t8-,9+,10-,11-,18?/m1/s1. The van der Waals surface area contributed by atoms with Gasteiger partial charge in [0, 0.05) is 5.66 Å². The monoisotopic (exact) mass is 310 g/mol. The molecule has 19 heavy (non-hydrogen) atoms. The van der Waals surface area contributed by atoms with Crippen molar-refractivity contribution in [3.05, 3.63) is 0 Å². The predicted octanol–water partition coefficient (Wildman–Crippen LogP) is 1.74. The molecule has 1 N–H and O–H groups in total. The fraction of sp³-hybridized carbons (Fsp3) is 1.00. The Labute approximate surface area is 120 Å². The summed E-state index contributed by atoms with van der Waals surface area (Å²) in [4.78, 5) is 10.1. The van der Waals surface area contributed by atoms with Crippen molar-refractivity contribution in [2.45, 2.75) is 63.8 Å². The van der Waals surface area contributed by atoms with Gasteiger partial charge < -0.3 is 18.9 Å². The molecular weight excluding hydrogens is 289 g/mol. The molecule has 1 heterocycles. The van der Waals surface area contributed by atoms with E-state index in [0.717, 1.165) is 0 Å². The SMILES string of the molecule is [B][C@@H]1O[C@H](COC(C)C)[C@@H](OP(O)(=S)C(C)C)[C@@H]1F. The van der Waals surface area contributed by atoms with Gasteiger partial charge in [0.2, 0.25) is 0 Å². The van der Waals surface area contributed by atoms with Crippen LogP contribution in [0.15, 0.2) is 0 Å². The molecule has 1 aliphatic rings. The summed E-state index contributed by atoms with van der Waals surface area (Å²) in [6.45, 7) is 4.30. The Bertz CT molecular complexity index is 345. The van der Waals surface area contributed by atoms with Crippen LogP contribution in [0.2, 0.25) is 0 Å². The lowest BCUT2D eigenvalue weighted by molar-refractivity contribution is -0.0420. The molecular formula is C11H21BFO4PS. The molecule has 1 fully saturated rings. The molecule has 0 aromatic heterocycles. The van der Waals surface area contributed by atoms with Crippen LogP contribution < -0.4 is 0 Å². The lowest BCUT2D eigenvalue weighted by atomic mass is 9.94. The molecule has 8 heteroatoms. The fourth-order valence-electron chi connectivity index (χ4n) is 1.59. The summed E-state index contributed by atoms with van der Waals surface area (Å²) in [7, 11) is 5.52. The van der Waals surface area contributed by atoms with Crippen molar-refractivity contribution in [3.8, 4) is 0 Å². The zero-order valence-corrected chi connectivity index (χ0v) is 13.4. The molecule has 0 spiro atoms. The Morgan fingerprint density at radius 2 is 2.00 bits per heavy atom. The molecule has 110 valence electrons. The molecule has 1 rings (SSSR count). The number of rotatable bonds is 6. The predicted molar refractivity (Wildman–Crippen MR) is 76.9 cm³/mol. The summed E-state index contributed by atoms with van der Waals surface area (Å²) in [6, 6.07) is -1.08. The molecule has 1 unspecified atom stereocenters. The van der Waals surface area contributed by atoms with Crippen molar-refractivity contribution in [3.63, 3.8) is 0 Å². The summed E-state index contributed by atoms with van der Waals surface area (Å²) in [6.07, 6.45) is -3.16. The molecule has 0 aromatic rings. The molecule has 0 amide bonds. The number of hydrogen-bond acceptors (Lipinski definition) is 4. The second kappa shape index (κ2) is 6.96. The van der Waals surface area contributed by atoms with Crippen LogP contribution in [0.25, 0.3) is 0 Å². The van der Waals surface area contributed by atoms with Gasteiger partial charge in [0.25, 0.3) is 0 Å². The Morgan fingerprint density at radius 1 is 1.42 bits per heavy atom. The van der Waals surface area contributed by atoms with Crippen LogP contribution in [0.5, 0.6) is 0 Å². The minimum Gasteiger partial charge on any atom is -0.376 e. The van der Waals surface area contributed by atoms with E-state index in [0.29, 0.717) is 0 Å². The van der Waals surface area contributed by atoms with Crippen LogP contribution >= 0.6 is 6.49 Å². The molecule has 0 aromatic carbocycles. The van der Waals surface area contributed by atoms with E-state index in [1.165, 1.54) is 0 Å². The van der Waals surface area contributed by atoms with Crippen LogP contribution in [0.4, 0.5) is 4.39 Å². The normalized spacial score (nSPS) is 34.9. The zero-order chi connectivity index (χ0) is 14.8. The summed E-state index contributed by atoms with van der Waals surface area (Å²) in [5, 5.41) is 0. The minimum atomic E-state index is -3.06. The third-order valence-corrected chi connectivity index (χ3v) is 6.22. The van der Waals surface area contributed by atoms with E-state index in [1.54, 1.807) is 13.8 Å². The maximum Gasteiger partial charge on any atom is 0.189 e. The molecule has 0 saturated carbocycles. The van der Waals surface area contributed by atoms with Crippen molar-refractivity contribution in [2.24, 2.45) is 0 Å². The van der Waals surface area contributed by atoms with Crippen LogP contribution in [-0.2, 0) is 25.8 Å². The van der Waals surface area contributed by atoms with Crippen molar-refractivity contribution < 1.29 is 23.3 Å². The first kappa shape index (κ1) is 17.5. The Kier molecular flexibility index (Phi) is 6.43. The largest absolute Gasteiger partial charge is 0.376 e. The first-order valence-electron chi connectivity index (χ1n) is 6.32. The summed E-state index contributed by atoms with van der Waals surface area (Å²) in [5.41, 5.74) is -0.252. The number of halogens is 1. The van der Waals surface area contributed by atoms with Crippen molar-refractivity contribution in [1.29, 1.82) is 0 Å². The summed E-state index contributed by atoms with van der Waals surface area (Å²) in [5.74, 6) is 0. The van der Waals surface area contributed by atoms with Gasteiger partial charge in [0.15, 0.2) is 6.49 Å². The second-order valence-corrected chi connectivity index (χ2v) is 9.13. The van der Waals surface area contributed by atoms with Gasteiger partial charge in [-0.05, 0) is 25.7 Å². The molecule has 0 bridgehead atoms. The smallest absolute Gasteiger partial charge is 0.189 e. The van der Waals surface area contributed by atoms with Crippen molar-refractivity contribution in [1.82, 2.24) is 0 Å². The molecule has 4 nitrogen and oxygen atoms in total. The van der Waals surface area contributed by atoms with E-state index in [9.17, 15) is 9.28 Å². The van der Waals surface area contributed by atoms with Gasteiger partial charge in [-0.25, -0.2) is 4.39 Å². The minimum absolute atomic E-state index is 0.0126. The average Bonchev–Trinajstić information content (AvgIpc) is 2.53. The first-order chi connectivity index (χ1) is 8.65. The van der Waals surface area contributed by atoms with E-state index >= 15 is 0 Å². The van der Waals surface area contributed by atoms with Gasteiger partial charge in [0.05, 0.1) is 18.7 Å². The number of alkyl halides is 1. The quantitative estimate of drug-likeness (QED) is 0.598. The fourth-order valence-corrected chi connectivity index (χ4v) is 2.73. The Hall–Kier alpha value is 0.485. The maximum absolute atomic E-state index is 14.0. The first-order valence-corrected chi connectivity index (χ1v) is 9.07. The summed E-state index contributed by atoms with van der Waals surface area (Å²) >= 11 is 5.02. The van der Waals surface area contributed by atoms with E-state index in [-0.39, 0.29) is 18.4 Å². The second-order valence-electron chi connectivity index (χ2n) is 5.19. The number of hydrogen-bond donors (Lipinski definition) is 1. The van der Waals surface area contributed by atoms with Crippen LogP contribution in [0.1, 0.15) is 27.7 Å². The Balaban J connectivity index is 2.72. The van der Waals surface area contributed by atoms with Crippen LogP contribution in [0, 0.1) is 0 Å². The highest BCUT2D eigenvalue weighted by molar-refractivity contribution is 8.09. The topological polar surface area (TPSA) is 47.9 Å². The molecule has 1 aliphatic heterocycles. The summed E-state index contributed by atoms with van der Waals surface area (Å²) < 4.78 is 30.1. The molecule has 2 radical (unpaired) electrons. The van der Waals surface area contributed by atoms with Crippen molar-refractivity contribution in [2.75, 3.05) is 6.61 Å². The van der Waals surface area contributed by atoms with E-state index in [2.05, 4.69) is 0 Å². The van der Waals surface area contributed by atoms with Gasteiger partial charge in [-0.15, -0.1) is 0 Å². The van der Waals surface area contributed by atoms with Gasteiger partial charge in [0.1, 0.15) is 26.2 Å².